The van der Waals surface area contributed by atoms with E-state index in [1.165, 1.54) is 42.4 Å². The topological polar surface area (TPSA) is 142 Å². The number of carboxylic acid groups (broad SMARTS) is 1. The minimum atomic E-state index is -4.24. The minimum absolute atomic E-state index is 0.00720. The van der Waals surface area contributed by atoms with Gasteiger partial charge in [0.25, 0.3) is 5.91 Å². The van der Waals surface area contributed by atoms with Crippen LogP contribution >= 0.6 is 23.2 Å². The van der Waals surface area contributed by atoms with E-state index in [1.807, 2.05) is 4.72 Å². The molecule has 0 spiro atoms. The number of amides is 1. The van der Waals surface area contributed by atoms with Gasteiger partial charge in [-0.1, -0.05) is 48.0 Å². The molecular weight excluding hydrogens is 691 g/mol. The van der Waals surface area contributed by atoms with Crippen LogP contribution in [0, 0.1) is 29.4 Å². The Morgan fingerprint density at radius 1 is 1.10 bits per heavy atom. The van der Waals surface area contributed by atoms with E-state index in [9.17, 15) is 27.9 Å². The summed E-state index contributed by atoms with van der Waals surface area (Å²) in [6, 6.07) is 7.45. The molecule has 11 nitrogen and oxygen atoms in total. The Bertz CT molecular complexity index is 2120. The zero-order chi connectivity index (χ0) is 34.9. The molecule has 1 amide bonds. The Morgan fingerprint density at radius 3 is 2.40 bits per heavy atom. The Hall–Kier alpha value is -4.55. The van der Waals surface area contributed by atoms with Crippen molar-refractivity contribution in [1.29, 1.82) is 0 Å². The maximum Gasteiger partial charge on any atom is 0.407 e. The van der Waals surface area contributed by atoms with Crippen LogP contribution in [-0.2, 0) is 10.2 Å². The first kappa shape index (κ1) is 34.8. The highest BCUT2D eigenvalue weighted by Gasteiger charge is 2.30. The summed E-state index contributed by atoms with van der Waals surface area (Å²) in [5.41, 5.74) is -1.94. The number of nitrogens with zero attached hydrogens (tertiary/aromatic N) is 4. The zero-order valence-corrected chi connectivity index (χ0v) is 27.8. The molecule has 0 radical (unpaired) electrons. The number of carbonyl (C=O) groups excluding carboxylic acids is 2. The average Bonchev–Trinajstić information content (AvgIpc) is 3.43. The molecule has 250 valence electrons. The molecule has 4 aromatic rings. The van der Waals surface area contributed by atoms with Crippen LogP contribution in [-0.4, -0.2) is 76.7 Å². The Morgan fingerprint density at radius 2 is 1.77 bits per heavy atom. The molecule has 2 aromatic heterocycles. The van der Waals surface area contributed by atoms with E-state index in [-0.39, 0.29) is 44.7 Å². The third-order valence-corrected chi connectivity index (χ3v) is 10.1. The molecule has 48 heavy (non-hydrogen) atoms. The van der Waals surface area contributed by atoms with Crippen LogP contribution < -0.4 is 4.72 Å². The smallest absolute Gasteiger partial charge is 0.407 e. The van der Waals surface area contributed by atoms with Crippen molar-refractivity contribution in [3.63, 3.8) is 0 Å². The lowest BCUT2D eigenvalue weighted by Crippen LogP contribution is -2.37. The van der Waals surface area contributed by atoms with Crippen LogP contribution in [0.3, 0.4) is 0 Å². The summed E-state index contributed by atoms with van der Waals surface area (Å²) >= 11 is 12.6. The molecule has 1 aliphatic rings. The Balaban J connectivity index is 1.62. The van der Waals surface area contributed by atoms with Gasteiger partial charge in [-0.05, 0) is 43.2 Å². The van der Waals surface area contributed by atoms with E-state index < -0.39 is 50.9 Å². The molecule has 1 saturated heterocycles. The highest BCUT2D eigenvalue weighted by atomic mass is 35.5. The van der Waals surface area contributed by atoms with Gasteiger partial charge in [0.1, 0.15) is 11.5 Å². The van der Waals surface area contributed by atoms with Crippen molar-refractivity contribution in [2.45, 2.75) is 19.8 Å². The van der Waals surface area contributed by atoms with Gasteiger partial charge in [-0.2, -0.15) is 12.7 Å². The molecule has 1 fully saturated rings. The van der Waals surface area contributed by atoms with Crippen molar-refractivity contribution < 1.29 is 36.7 Å². The SMILES string of the molecule is CCN(C)S(=O)(=O)Nc1ccc(F)c(C(=O)c2cn(C(=O)c3c(Cl)cccc3Cl)c3ncc(C#CC4CCN(C(=O)O)CC4)cc23)c1F. The normalized spacial score (nSPS) is 13.8. The Kier molecular flexibility index (Phi) is 10.1. The minimum Gasteiger partial charge on any atom is -0.465 e. The maximum atomic E-state index is 15.8. The second kappa shape index (κ2) is 13.9. The number of aromatic nitrogens is 2. The van der Waals surface area contributed by atoms with E-state index >= 15 is 8.78 Å². The lowest BCUT2D eigenvalue weighted by atomic mass is 9.97. The fourth-order valence-electron chi connectivity index (χ4n) is 5.10. The summed E-state index contributed by atoms with van der Waals surface area (Å²) in [6.45, 7) is 2.24. The Labute approximate surface area is 284 Å². The van der Waals surface area contributed by atoms with E-state index in [4.69, 9.17) is 23.2 Å². The molecule has 0 unspecified atom stereocenters. The fraction of sp³-hybridized carbons (Fsp3) is 0.250. The average molecular weight is 719 g/mol. The van der Waals surface area contributed by atoms with E-state index in [2.05, 4.69) is 16.8 Å². The number of benzene rings is 2. The van der Waals surface area contributed by atoms with Crippen LogP contribution in [0.25, 0.3) is 11.0 Å². The van der Waals surface area contributed by atoms with Crippen LogP contribution in [0.2, 0.25) is 10.0 Å². The lowest BCUT2D eigenvalue weighted by molar-refractivity contribution is 0.0964. The molecule has 0 bridgehead atoms. The standard InChI is InChI=1S/C32H27Cl2F2N5O6S/c1-3-39(2)48(46,47)38-25-10-9-24(35)27(28(25)36)29(42)21-17-41(31(43)26-22(33)5-4-6-23(26)34)30-20(21)15-19(16-37-30)8-7-18-11-13-40(14-12-18)32(44)45/h4-6,9-10,15-18,38H,3,11-14H2,1-2H3,(H,44,45). The number of fused-ring (bicyclic) bond motifs is 1. The van der Waals surface area contributed by atoms with Gasteiger partial charge in [0, 0.05) is 55.9 Å². The summed E-state index contributed by atoms with van der Waals surface area (Å²) in [5, 5.41) is 9.22. The molecule has 16 heteroatoms. The first-order valence-corrected chi connectivity index (χ1v) is 16.7. The lowest BCUT2D eigenvalue weighted by Gasteiger charge is -2.27. The van der Waals surface area contributed by atoms with Gasteiger partial charge < -0.3 is 10.0 Å². The number of halogens is 4. The summed E-state index contributed by atoms with van der Waals surface area (Å²) < 4.78 is 60.0. The van der Waals surface area contributed by atoms with Crippen molar-refractivity contribution >= 4 is 67.9 Å². The highest BCUT2D eigenvalue weighted by molar-refractivity contribution is 7.90. The van der Waals surface area contributed by atoms with Crippen molar-refractivity contribution in [1.82, 2.24) is 18.8 Å². The van der Waals surface area contributed by atoms with E-state index in [0.29, 0.717) is 31.5 Å². The quantitative estimate of drug-likeness (QED) is 0.179. The molecule has 2 aromatic carbocycles. The molecule has 0 atom stereocenters. The number of nitrogens with one attached hydrogen (secondary N) is 1. The third kappa shape index (κ3) is 6.86. The fourth-order valence-corrected chi connectivity index (χ4v) is 6.59. The third-order valence-electron chi connectivity index (χ3n) is 7.88. The predicted octanol–water partition coefficient (Wildman–Crippen LogP) is 5.89. The molecule has 3 heterocycles. The summed E-state index contributed by atoms with van der Waals surface area (Å²) in [6.07, 6.45) is 2.43. The number of piperidine rings is 1. The van der Waals surface area contributed by atoms with Gasteiger partial charge in [-0.15, -0.1) is 0 Å². The number of carbonyl (C=O) groups is 3. The van der Waals surface area contributed by atoms with Crippen molar-refractivity contribution in [3.8, 4) is 11.8 Å². The van der Waals surface area contributed by atoms with Gasteiger partial charge in [-0.3, -0.25) is 18.9 Å². The second-order valence-electron chi connectivity index (χ2n) is 10.9. The van der Waals surface area contributed by atoms with Crippen LogP contribution in [0.4, 0.5) is 19.3 Å². The maximum absolute atomic E-state index is 15.8. The van der Waals surface area contributed by atoms with Crippen LogP contribution in [0.1, 0.15) is 51.6 Å². The molecule has 5 rings (SSSR count). The molecule has 2 N–H and O–H groups in total. The van der Waals surface area contributed by atoms with Gasteiger partial charge in [-0.25, -0.2) is 18.6 Å². The number of ketones is 1. The molecule has 1 aliphatic heterocycles. The van der Waals surface area contributed by atoms with Gasteiger partial charge in [0.15, 0.2) is 5.82 Å². The van der Waals surface area contributed by atoms with E-state index in [0.717, 1.165) is 27.2 Å². The highest BCUT2D eigenvalue weighted by Crippen LogP contribution is 2.32. The van der Waals surface area contributed by atoms with Gasteiger partial charge in [0.05, 0.1) is 32.4 Å². The first-order valence-electron chi connectivity index (χ1n) is 14.5. The number of anilines is 1. The van der Waals surface area contributed by atoms with Crippen molar-refractivity contribution in [3.05, 3.63) is 92.7 Å². The summed E-state index contributed by atoms with van der Waals surface area (Å²) in [5.74, 6) is 1.20. The van der Waals surface area contributed by atoms with Gasteiger partial charge >= 0.3 is 16.3 Å². The van der Waals surface area contributed by atoms with Crippen molar-refractivity contribution in [2.24, 2.45) is 5.92 Å². The second-order valence-corrected chi connectivity index (χ2v) is 13.4. The number of hydrogen-bond donors (Lipinski definition) is 2. The van der Waals surface area contributed by atoms with Crippen molar-refractivity contribution in [2.75, 3.05) is 31.4 Å². The predicted molar refractivity (Wildman–Crippen MR) is 176 cm³/mol. The number of rotatable bonds is 7. The zero-order valence-electron chi connectivity index (χ0n) is 25.4. The summed E-state index contributed by atoms with van der Waals surface area (Å²) in [7, 11) is -2.99. The van der Waals surface area contributed by atoms with Gasteiger partial charge in [0.2, 0.25) is 5.78 Å². The largest absolute Gasteiger partial charge is 0.465 e. The molecule has 0 saturated carbocycles. The number of pyridine rings is 1. The molecular formula is C32H27Cl2F2N5O6S. The summed E-state index contributed by atoms with van der Waals surface area (Å²) in [4.78, 5) is 44.6. The molecule has 0 aliphatic carbocycles. The number of likely N-dealkylation sites (tertiary alicyclic amines) is 1. The monoisotopic (exact) mass is 717 g/mol. The van der Waals surface area contributed by atoms with E-state index in [1.54, 1.807) is 6.92 Å². The first-order chi connectivity index (χ1) is 22.7. The van der Waals surface area contributed by atoms with Crippen LogP contribution in [0.15, 0.2) is 48.8 Å². The van der Waals surface area contributed by atoms with Crippen LogP contribution in [0.5, 0.6) is 0 Å². The number of hydrogen-bond acceptors (Lipinski definition) is 6.